The Morgan fingerprint density at radius 2 is 2.29 bits per heavy atom. The van der Waals surface area contributed by atoms with E-state index in [0.717, 1.165) is 25.8 Å². The average Bonchev–Trinajstić information content (AvgIpc) is 3.30. The highest BCUT2D eigenvalue weighted by molar-refractivity contribution is 5.56. The van der Waals surface area contributed by atoms with Crippen molar-refractivity contribution in [2.24, 2.45) is 0 Å². The smallest absolute Gasteiger partial charge is 0.276 e. The van der Waals surface area contributed by atoms with Gasteiger partial charge in [-0.2, -0.15) is 0 Å². The Morgan fingerprint density at radius 3 is 2.86 bits per heavy atom. The van der Waals surface area contributed by atoms with Crippen molar-refractivity contribution in [2.45, 2.75) is 32.2 Å². The van der Waals surface area contributed by atoms with Crippen molar-refractivity contribution in [3.05, 3.63) is 22.2 Å². The van der Waals surface area contributed by atoms with E-state index in [9.17, 15) is 10.1 Å². The van der Waals surface area contributed by atoms with Gasteiger partial charge in [-0.25, -0.2) is 4.98 Å². The number of nitrogens with zero attached hydrogens (tertiary/aromatic N) is 3. The van der Waals surface area contributed by atoms with Gasteiger partial charge in [0.2, 0.25) is 0 Å². The molecule has 0 spiro atoms. The van der Waals surface area contributed by atoms with Crippen LogP contribution in [0.1, 0.15) is 26.2 Å². The molecule has 1 aromatic rings. The van der Waals surface area contributed by atoms with Gasteiger partial charge in [0, 0.05) is 26.2 Å². The summed E-state index contributed by atoms with van der Waals surface area (Å²) in [5.74, 6) is 1.21. The Kier molecular flexibility index (Phi) is 5.32. The third kappa shape index (κ3) is 4.29. The maximum atomic E-state index is 11.1. The molecule has 0 aliphatic heterocycles. The van der Waals surface area contributed by atoms with Gasteiger partial charge >= 0.3 is 0 Å². The molecule has 0 radical (unpaired) electrons. The Labute approximate surface area is 124 Å². The molecule has 0 unspecified atom stereocenters. The highest BCUT2D eigenvalue weighted by Gasteiger charge is 2.30. The van der Waals surface area contributed by atoms with Gasteiger partial charge in [-0.1, -0.05) is 6.92 Å². The van der Waals surface area contributed by atoms with Gasteiger partial charge in [0.15, 0.2) is 0 Å². The van der Waals surface area contributed by atoms with Crippen molar-refractivity contribution in [3.8, 4) is 0 Å². The van der Waals surface area contributed by atoms with Crippen molar-refractivity contribution in [1.82, 2.24) is 4.98 Å². The van der Waals surface area contributed by atoms with E-state index < -0.39 is 0 Å². The molecular weight excluding hydrogens is 272 g/mol. The molecule has 21 heavy (non-hydrogen) atoms. The second kappa shape index (κ2) is 7.21. The maximum Gasteiger partial charge on any atom is 0.276 e. The largest absolute Gasteiger partial charge is 0.383 e. The van der Waals surface area contributed by atoms with Gasteiger partial charge in [-0.15, -0.1) is 0 Å². The van der Waals surface area contributed by atoms with E-state index in [-0.39, 0.29) is 10.6 Å². The SMILES string of the molecule is CCCNc1cc([N+](=O)[O-])cc(N(CCOC)C2CC2)n1. The highest BCUT2D eigenvalue weighted by Crippen LogP contribution is 2.33. The van der Waals surface area contributed by atoms with E-state index in [1.54, 1.807) is 13.2 Å². The summed E-state index contributed by atoms with van der Waals surface area (Å²) in [5.41, 5.74) is 0.0710. The number of nitro groups is 1. The van der Waals surface area contributed by atoms with Crippen molar-refractivity contribution in [2.75, 3.05) is 37.0 Å². The number of pyridine rings is 1. The molecule has 1 N–H and O–H groups in total. The maximum absolute atomic E-state index is 11.1. The molecule has 1 saturated carbocycles. The van der Waals surface area contributed by atoms with E-state index in [1.807, 2.05) is 6.92 Å². The molecule has 116 valence electrons. The number of rotatable bonds is 9. The molecule has 0 saturated heterocycles. The van der Waals surface area contributed by atoms with Crippen LogP contribution in [0.25, 0.3) is 0 Å². The van der Waals surface area contributed by atoms with Crippen LogP contribution in [-0.4, -0.2) is 42.8 Å². The molecule has 0 amide bonds. The summed E-state index contributed by atoms with van der Waals surface area (Å²) in [6.07, 6.45) is 3.15. The fourth-order valence-corrected chi connectivity index (χ4v) is 2.16. The fraction of sp³-hybridized carbons (Fsp3) is 0.643. The molecule has 1 aliphatic carbocycles. The number of hydrogen-bond acceptors (Lipinski definition) is 6. The molecule has 2 rings (SSSR count). The summed E-state index contributed by atoms with van der Waals surface area (Å²) in [6.45, 7) is 4.07. The van der Waals surface area contributed by atoms with Gasteiger partial charge in [-0.3, -0.25) is 10.1 Å². The van der Waals surface area contributed by atoms with Crippen molar-refractivity contribution < 1.29 is 9.66 Å². The quantitative estimate of drug-likeness (QED) is 0.556. The van der Waals surface area contributed by atoms with Crippen molar-refractivity contribution >= 4 is 17.3 Å². The topological polar surface area (TPSA) is 80.5 Å². The van der Waals surface area contributed by atoms with Crippen LogP contribution in [0.15, 0.2) is 12.1 Å². The standard InChI is InChI=1S/C14H22N4O3/c1-3-6-15-13-9-12(18(19)20)10-14(16-13)17(7-8-21-2)11-4-5-11/h9-11H,3-8H2,1-2H3,(H,15,16). The van der Waals surface area contributed by atoms with Crippen LogP contribution in [0.3, 0.4) is 0 Å². The van der Waals surface area contributed by atoms with Gasteiger partial charge in [0.25, 0.3) is 5.69 Å². The third-order valence-corrected chi connectivity index (χ3v) is 3.38. The molecule has 1 aliphatic rings. The van der Waals surface area contributed by atoms with Gasteiger partial charge in [0.05, 0.1) is 23.7 Å². The Balaban J connectivity index is 2.25. The van der Waals surface area contributed by atoms with E-state index in [2.05, 4.69) is 15.2 Å². The Morgan fingerprint density at radius 1 is 1.52 bits per heavy atom. The molecule has 7 heteroatoms. The van der Waals surface area contributed by atoms with Crippen LogP contribution in [0, 0.1) is 10.1 Å². The number of ether oxygens (including phenoxy) is 1. The van der Waals surface area contributed by atoms with Crippen LogP contribution in [0.5, 0.6) is 0 Å². The number of nitrogens with one attached hydrogen (secondary N) is 1. The first-order chi connectivity index (χ1) is 10.2. The predicted molar refractivity (Wildman–Crippen MR) is 81.9 cm³/mol. The summed E-state index contributed by atoms with van der Waals surface area (Å²) in [5, 5.41) is 14.2. The Hall–Kier alpha value is -1.89. The number of hydrogen-bond donors (Lipinski definition) is 1. The molecule has 1 fully saturated rings. The highest BCUT2D eigenvalue weighted by atomic mass is 16.6. The van der Waals surface area contributed by atoms with Gasteiger partial charge < -0.3 is 15.0 Å². The fourth-order valence-electron chi connectivity index (χ4n) is 2.16. The number of methoxy groups -OCH3 is 1. The molecule has 1 heterocycles. The molecule has 1 aromatic heterocycles. The minimum Gasteiger partial charge on any atom is -0.383 e. The van der Waals surface area contributed by atoms with E-state index >= 15 is 0 Å². The van der Waals surface area contributed by atoms with Crippen LogP contribution < -0.4 is 10.2 Å². The van der Waals surface area contributed by atoms with E-state index in [4.69, 9.17) is 4.74 Å². The first kappa shape index (κ1) is 15.5. The zero-order valence-electron chi connectivity index (χ0n) is 12.5. The zero-order chi connectivity index (χ0) is 15.2. The van der Waals surface area contributed by atoms with Crippen molar-refractivity contribution in [1.29, 1.82) is 0 Å². The summed E-state index contributed by atoms with van der Waals surface area (Å²) in [6, 6.07) is 3.46. The van der Waals surface area contributed by atoms with Gasteiger partial charge in [0.1, 0.15) is 11.6 Å². The van der Waals surface area contributed by atoms with Gasteiger partial charge in [-0.05, 0) is 19.3 Å². The monoisotopic (exact) mass is 294 g/mol. The molecule has 0 atom stereocenters. The van der Waals surface area contributed by atoms with E-state index in [1.165, 1.54) is 6.07 Å². The lowest BCUT2D eigenvalue weighted by Crippen LogP contribution is -2.30. The average molecular weight is 294 g/mol. The van der Waals surface area contributed by atoms with E-state index in [0.29, 0.717) is 30.8 Å². The summed E-state index contributed by atoms with van der Waals surface area (Å²) in [4.78, 5) is 17.4. The third-order valence-electron chi connectivity index (χ3n) is 3.38. The predicted octanol–water partition coefficient (Wildman–Crippen LogP) is 2.43. The lowest BCUT2D eigenvalue weighted by atomic mass is 10.3. The minimum absolute atomic E-state index is 0.0710. The molecule has 0 bridgehead atoms. The second-order valence-electron chi connectivity index (χ2n) is 5.17. The minimum atomic E-state index is -0.371. The number of aromatic nitrogens is 1. The number of anilines is 2. The summed E-state index contributed by atoms with van der Waals surface area (Å²) < 4.78 is 5.13. The zero-order valence-corrected chi connectivity index (χ0v) is 12.5. The van der Waals surface area contributed by atoms with Crippen LogP contribution in [-0.2, 0) is 4.74 Å². The van der Waals surface area contributed by atoms with Crippen molar-refractivity contribution in [3.63, 3.8) is 0 Å². The summed E-state index contributed by atoms with van der Waals surface area (Å²) >= 11 is 0. The first-order valence-corrected chi connectivity index (χ1v) is 7.31. The molecule has 0 aromatic carbocycles. The lowest BCUT2D eigenvalue weighted by molar-refractivity contribution is -0.384. The second-order valence-corrected chi connectivity index (χ2v) is 5.17. The Bertz CT molecular complexity index is 491. The summed E-state index contributed by atoms with van der Waals surface area (Å²) in [7, 11) is 1.65. The first-order valence-electron chi connectivity index (χ1n) is 7.31. The van der Waals surface area contributed by atoms with Crippen LogP contribution >= 0.6 is 0 Å². The molecular formula is C14H22N4O3. The molecule has 7 nitrogen and oxygen atoms in total. The lowest BCUT2D eigenvalue weighted by Gasteiger charge is -2.23. The van der Waals surface area contributed by atoms with Crippen LogP contribution in [0.2, 0.25) is 0 Å². The normalized spacial score (nSPS) is 14.0. The van der Waals surface area contributed by atoms with Crippen LogP contribution in [0.4, 0.5) is 17.3 Å².